The molecule has 0 saturated carbocycles. The maximum atomic E-state index is 13.0. The molecular formula is C23H23N3O3S. The number of nitrogens with zero attached hydrogens (tertiary/aromatic N) is 2. The molecule has 3 rings (SSSR count). The average molecular weight is 422 g/mol. The van der Waals surface area contributed by atoms with Crippen LogP contribution in [0.1, 0.15) is 35.0 Å². The van der Waals surface area contributed by atoms with Crippen LogP contribution >= 0.6 is 11.3 Å². The van der Waals surface area contributed by atoms with Gasteiger partial charge in [0, 0.05) is 24.4 Å². The van der Waals surface area contributed by atoms with Crippen LogP contribution < -0.4 is 20.1 Å². The Bertz CT molecular complexity index is 1230. The second-order valence-electron chi connectivity index (χ2n) is 6.77. The van der Waals surface area contributed by atoms with Gasteiger partial charge in [-0.1, -0.05) is 37.3 Å². The highest BCUT2D eigenvalue weighted by Gasteiger charge is 2.12. The van der Waals surface area contributed by atoms with Crippen LogP contribution in [0.2, 0.25) is 0 Å². The van der Waals surface area contributed by atoms with E-state index >= 15 is 0 Å². The molecule has 154 valence electrons. The van der Waals surface area contributed by atoms with Crippen molar-refractivity contribution < 1.29 is 9.59 Å². The van der Waals surface area contributed by atoms with E-state index in [2.05, 4.69) is 10.3 Å². The third-order valence-electron chi connectivity index (χ3n) is 4.44. The number of benzene rings is 1. The molecule has 0 fully saturated rings. The van der Waals surface area contributed by atoms with Gasteiger partial charge in [0.25, 0.3) is 5.56 Å². The number of pyridine rings is 1. The number of Topliss-reactive ketones (excluding diaryl/α,β-unsaturated/α-hetero) is 1. The predicted molar refractivity (Wildman–Crippen MR) is 119 cm³/mol. The molecule has 0 bridgehead atoms. The van der Waals surface area contributed by atoms with Crippen LogP contribution in [0, 0.1) is 6.92 Å². The van der Waals surface area contributed by atoms with Crippen LogP contribution in [-0.2, 0) is 11.3 Å². The van der Waals surface area contributed by atoms with Gasteiger partial charge < -0.3 is 5.32 Å². The molecule has 0 aliphatic carbocycles. The number of amides is 1. The Balaban J connectivity index is 2.10. The van der Waals surface area contributed by atoms with Crippen molar-refractivity contribution in [3.8, 4) is 0 Å². The summed E-state index contributed by atoms with van der Waals surface area (Å²) in [5.41, 5.74) is 1.73. The Kier molecular flexibility index (Phi) is 7.08. The Hall–Kier alpha value is -3.32. The van der Waals surface area contributed by atoms with Crippen LogP contribution in [-0.4, -0.2) is 27.8 Å². The number of hydrogen-bond acceptors (Lipinski definition) is 5. The Morgan fingerprint density at radius 3 is 2.63 bits per heavy atom. The zero-order chi connectivity index (χ0) is 21.5. The SMILES string of the molecule is CCCNC(=O)Cn1c(=O)c(=Cc2ccccn2)s/c1=C\C(=O)c1ccccc1C. The van der Waals surface area contributed by atoms with E-state index in [0.717, 1.165) is 12.0 Å². The summed E-state index contributed by atoms with van der Waals surface area (Å²) in [7, 11) is 0. The first-order valence-corrected chi connectivity index (χ1v) is 10.5. The minimum atomic E-state index is -0.318. The molecule has 0 saturated heterocycles. The maximum Gasteiger partial charge on any atom is 0.269 e. The highest BCUT2D eigenvalue weighted by Crippen LogP contribution is 2.08. The lowest BCUT2D eigenvalue weighted by Gasteiger charge is -2.04. The molecular weight excluding hydrogens is 398 g/mol. The van der Waals surface area contributed by atoms with Crippen LogP contribution in [0.15, 0.2) is 53.5 Å². The standard InChI is InChI=1S/C23H23N3O3S/c1-3-11-25-21(28)15-26-22(14-19(27)18-10-5-4-8-16(18)2)30-20(23(26)29)13-17-9-6-7-12-24-17/h4-10,12-14H,3,11,15H2,1-2H3,(H,25,28)/b20-13?,22-14-. The van der Waals surface area contributed by atoms with Crippen molar-refractivity contribution in [3.05, 3.63) is 85.0 Å². The van der Waals surface area contributed by atoms with Gasteiger partial charge in [0.15, 0.2) is 5.78 Å². The predicted octanol–water partition coefficient (Wildman–Crippen LogP) is 1.63. The number of ketones is 1. The summed E-state index contributed by atoms with van der Waals surface area (Å²) in [5.74, 6) is -0.472. The van der Waals surface area contributed by atoms with Crippen molar-refractivity contribution in [1.29, 1.82) is 0 Å². The molecule has 3 aromatic rings. The lowest BCUT2D eigenvalue weighted by Crippen LogP contribution is -2.38. The quantitative estimate of drug-likeness (QED) is 0.588. The van der Waals surface area contributed by atoms with Gasteiger partial charge in [-0.05, 0) is 37.1 Å². The van der Waals surface area contributed by atoms with Gasteiger partial charge in [0.05, 0.1) is 10.2 Å². The first-order valence-electron chi connectivity index (χ1n) is 9.70. The van der Waals surface area contributed by atoms with Gasteiger partial charge in [0.2, 0.25) is 5.91 Å². The van der Waals surface area contributed by atoms with Crippen molar-refractivity contribution in [2.45, 2.75) is 26.8 Å². The molecule has 7 heteroatoms. The Morgan fingerprint density at radius 2 is 1.93 bits per heavy atom. The van der Waals surface area contributed by atoms with Crippen LogP contribution in [0.4, 0.5) is 0 Å². The summed E-state index contributed by atoms with van der Waals surface area (Å²) in [6, 6.07) is 12.7. The normalized spacial score (nSPS) is 12.2. The van der Waals surface area contributed by atoms with Crippen molar-refractivity contribution in [2.24, 2.45) is 0 Å². The number of hydrogen-bond donors (Lipinski definition) is 1. The fourth-order valence-corrected chi connectivity index (χ4v) is 3.92. The minimum Gasteiger partial charge on any atom is -0.355 e. The van der Waals surface area contributed by atoms with Crippen molar-refractivity contribution >= 4 is 35.2 Å². The van der Waals surface area contributed by atoms with Gasteiger partial charge in [-0.15, -0.1) is 11.3 Å². The summed E-state index contributed by atoms with van der Waals surface area (Å²) in [4.78, 5) is 42.3. The molecule has 0 radical (unpaired) electrons. The van der Waals surface area contributed by atoms with Crippen molar-refractivity contribution in [2.75, 3.05) is 6.54 Å². The summed E-state index contributed by atoms with van der Waals surface area (Å²) in [6.07, 6.45) is 5.54. The summed E-state index contributed by atoms with van der Waals surface area (Å²) in [5, 5.41) is 2.77. The topological polar surface area (TPSA) is 81.1 Å². The van der Waals surface area contributed by atoms with Crippen LogP contribution in [0.5, 0.6) is 0 Å². The molecule has 0 spiro atoms. The molecule has 6 nitrogen and oxygen atoms in total. The number of aromatic nitrogens is 2. The van der Waals surface area contributed by atoms with Gasteiger partial charge >= 0.3 is 0 Å². The van der Waals surface area contributed by atoms with E-state index in [9.17, 15) is 14.4 Å². The molecule has 1 N–H and O–H groups in total. The maximum absolute atomic E-state index is 13.0. The summed E-state index contributed by atoms with van der Waals surface area (Å²) < 4.78 is 2.20. The van der Waals surface area contributed by atoms with Crippen molar-refractivity contribution in [3.63, 3.8) is 0 Å². The van der Waals surface area contributed by atoms with Gasteiger partial charge in [0.1, 0.15) is 11.2 Å². The smallest absolute Gasteiger partial charge is 0.269 e. The van der Waals surface area contributed by atoms with E-state index in [-0.39, 0.29) is 23.8 Å². The van der Waals surface area contributed by atoms with E-state index in [1.165, 1.54) is 22.0 Å². The fourth-order valence-electron chi connectivity index (χ4n) is 2.89. The Labute approximate surface area is 178 Å². The molecule has 0 aliphatic rings. The number of carbonyl (C=O) groups excluding carboxylic acids is 2. The second kappa shape index (κ2) is 9.93. The fraction of sp³-hybridized carbons (Fsp3) is 0.217. The third kappa shape index (κ3) is 5.18. The van der Waals surface area contributed by atoms with E-state index in [0.29, 0.717) is 27.0 Å². The number of rotatable bonds is 7. The largest absolute Gasteiger partial charge is 0.355 e. The highest BCUT2D eigenvalue weighted by molar-refractivity contribution is 7.07. The molecule has 1 aromatic carbocycles. The van der Waals surface area contributed by atoms with E-state index < -0.39 is 0 Å². The molecule has 0 unspecified atom stereocenters. The number of nitrogens with one attached hydrogen (secondary N) is 1. The number of thiazole rings is 1. The zero-order valence-electron chi connectivity index (χ0n) is 16.9. The molecule has 30 heavy (non-hydrogen) atoms. The lowest BCUT2D eigenvalue weighted by molar-refractivity contribution is -0.121. The first-order chi connectivity index (χ1) is 14.5. The Morgan fingerprint density at radius 1 is 1.17 bits per heavy atom. The minimum absolute atomic E-state index is 0.141. The second-order valence-corrected chi connectivity index (χ2v) is 7.83. The van der Waals surface area contributed by atoms with Gasteiger partial charge in [-0.25, -0.2) is 0 Å². The lowest BCUT2D eigenvalue weighted by atomic mass is 10.1. The van der Waals surface area contributed by atoms with Gasteiger partial charge in [-0.2, -0.15) is 0 Å². The highest BCUT2D eigenvalue weighted by atomic mass is 32.1. The molecule has 1 amide bonds. The summed E-state index contributed by atoms with van der Waals surface area (Å²) in [6.45, 7) is 4.21. The van der Waals surface area contributed by atoms with Crippen LogP contribution in [0.25, 0.3) is 12.2 Å². The van der Waals surface area contributed by atoms with E-state index in [4.69, 9.17) is 0 Å². The van der Waals surface area contributed by atoms with Gasteiger partial charge in [-0.3, -0.25) is 23.9 Å². The molecule has 0 atom stereocenters. The monoisotopic (exact) mass is 421 g/mol. The molecule has 2 heterocycles. The molecule has 0 aliphatic heterocycles. The number of carbonyl (C=O) groups is 2. The molecule has 2 aromatic heterocycles. The average Bonchev–Trinajstić information content (AvgIpc) is 3.02. The van der Waals surface area contributed by atoms with E-state index in [1.54, 1.807) is 36.5 Å². The number of aryl methyl sites for hydroxylation is 1. The zero-order valence-corrected chi connectivity index (χ0v) is 17.7. The van der Waals surface area contributed by atoms with Crippen molar-refractivity contribution in [1.82, 2.24) is 14.9 Å². The summed E-state index contributed by atoms with van der Waals surface area (Å²) >= 11 is 1.17. The first kappa shape index (κ1) is 21.4. The van der Waals surface area contributed by atoms with Crippen LogP contribution in [0.3, 0.4) is 0 Å². The van der Waals surface area contributed by atoms with E-state index in [1.807, 2.05) is 32.0 Å². The third-order valence-corrected chi connectivity index (χ3v) is 5.50.